The molecular formula is C19H20N6O2S. The second-order valence-corrected chi connectivity index (χ2v) is 7.23. The first-order valence-corrected chi connectivity index (χ1v) is 10.2. The average molecular weight is 396 g/mol. The molecule has 0 bridgehead atoms. The molecule has 4 rings (SSSR count). The van der Waals surface area contributed by atoms with Crippen molar-refractivity contribution in [2.75, 3.05) is 30.0 Å². The normalized spacial score (nSPS) is 13.7. The first kappa shape index (κ1) is 18.3. The second-order valence-electron chi connectivity index (χ2n) is 6.45. The SMILES string of the molecule is CSc1nc(Nc2ccc(NC(=O)N3CCCC3)cc2)c2c(=O)[nH]ccc2n1. The minimum absolute atomic E-state index is 0.0730. The Morgan fingerprint density at radius 2 is 1.82 bits per heavy atom. The van der Waals surface area contributed by atoms with Crippen LogP contribution in [0.5, 0.6) is 0 Å². The van der Waals surface area contributed by atoms with Crippen LogP contribution in [0.25, 0.3) is 10.9 Å². The van der Waals surface area contributed by atoms with Gasteiger partial charge in [0, 0.05) is 30.7 Å². The zero-order valence-electron chi connectivity index (χ0n) is 15.4. The van der Waals surface area contributed by atoms with E-state index in [1.165, 1.54) is 11.8 Å². The molecule has 1 aliphatic heterocycles. The lowest BCUT2D eigenvalue weighted by Gasteiger charge is -2.16. The summed E-state index contributed by atoms with van der Waals surface area (Å²) in [4.78, 5) is 37.7. The fraction of sp³-hybridized carbons (Fsp3) is 0.263. The van der Waals surface area contributed by atoms with Gasteiger partial charge in [-0.25, -0.2) is 14.8 Å². The Bertz CT molecular complexity index is 1060. The zero-order chi connectivity index (χ0) is 19.5. The van der Waals surface area contributed by atoms with Gasteiger partial charge < -0.3 is 20.5 Å². The molecule has 8 nitrogen and oxygen atoms in total. The summed E-state index contributed by atoms with van der Waals surface area (Å²) in [6, 6.07) is 8.99. The van der Waals surface area contributed by atoms with E-state index in [2.05, 4.69) is 25.6 Å². The number of fused-ring (bicyclic) bond motifs is 1. The molecule has 0 unspecified atom stereocenters. The molecule has 1 aliphatic rings. The van der Waals surface area contributed by atoms with Gasteiger partial charge >= 0.3 is 6.03 Å². The third-order valence-electron chi connectivity index (χ3n) is 4.57. The maximum atomic E-state index is 12.3. The molecule has 0 radical (unpaired) electrons. The highest BCUT2D eigenvalue weighted by molar-refractivity contribution is 7.98. The van der Waals surface area contributed by atoms with Gasteiger partial charge in [0.05, 0.1) is 5.52 Å². The van der Waals surface area contributed by atoms with Gasteiger partial charge in [0.25, 0.3) is 5.56 Å². The predicted molar refractivity (Wildman–Crippen MR) is 111 cm³/mol. The number of rotatable bonds is 4. The number of H-pyrrole nitrogens is 1. The van der Waals surface area contributed by atoms with Crippen molar-refractivity contribution >= 4 is 45.9 Å². The molecule has 3 aromatic rings. The lowest BCUT2D eigenvalue weighted by molar-refractivity contribution is 0.222. The number of carbonyl (C=O) groups excluding carboxylic acids is 1. The number of thioether (sulfide) groups is 1. The molecule has 0 atom stereocenters. The van der Waals surface area contributed by atoms with Crippen molar-refractivity contribution in [2.24, 2.45) is 0 Å². The van der Waals surface area contributed by atoms with E-state index in [0.29, 0.717) is 21.9 Å². The molecular weight excluding hydrogens is 376 g/mol. The van der Waals surface area contributed by atoms with Crippen molar-refractivity contribution < 1.29 is 4.79 Å². The van der Waals surface area contributed by atoms with Crippen molar-refractivity contribution in [2.45, 2.75) is 18.0 Å². The monoisotopic (exact) mass is 396 g/mol. The van der Waals surface area contributed by atoms with Crippen LogP contribution in [0.3, 0.4) is 0 Å². The number of benzene rings is 1. The maximum absolute atomic E-state index is 12.3. The number of anilines is 3. The standard InChI is InChI=1S/C19H20N6O2S/c1-28-18-23-14-8-9-20-17(26)15(14)16(24-18)21-12-4-6-13(7-5-12)22-19(27)25-10-2-3-11-25/h4-9H,2-3,10-11H2,1H3,(H,20,26)(H,22,27)(H,21,23,24). The Hall–Kier alpha value is -3.07. The first-order chi connectivity index (χ1) is 13.6. The molecule has 144 valence electrons. The van der Waals surface area contributed by atoms with Gasteiger partial charge in [0.2, 0.25) is 0 Å². The van der Waals surface area contributed by atoms with E-state index >= 15 is 0 Å². The van der Waals surface area contributed by atoms with Gasteiger partial charge in [0.1, 0.15) is 11.2 Å². The summed E-state index contributed by atoms with van der Waals surface area (Å²) in [5, 5.41) is 7.09. The predicted octanol–water partition coefficient (Wildman–Crippen LogP) is 3.41. The molecule has 3 N–H and O–H groups in total. The van der Waals surface area contributed by atoms with Crippen molar-refractivity contribution in [3.63, 3.8) is 0 Å². The lowest BCUT2D eigenvalue weighted by atomic mass is 10.2. The highest BCUT2D eigenvalue weighted by Gasteiger charge is 2.17. The molecule has 1 aromatic carbocycles. The average Bonchev–Trinajstić information content (AvgIpc) is 3.24. The van der Waals surface area contributed by atoms with Crippen molar-refractivity contribution in [1.29, 1.82) is 0 Å². The molecule has 2 aromatic heterocycles. The fourth-order valence-electron chi connectivity index (χ4n) is 3.15. The number of hydrogen-bond acceptors (Lipinski definition) is 6. The van der Waals surface area contributed by atoms with Gasteiger partial charge in [-0.2, -0.15) is 0 Å². The Morgan fingerprint density at radius 3 is 2.54 bits per heavy atom. The minimum Gasteiger partial charge on any atom is -0.339 e. The fourth-order valence-corrected chi connectivity index (χ4v) is 3.52. The van der Waals surface area contributed by atoms with Gasteiger partial charge in [-0.3, -0.25) is 4.79 Å². The summed E-state index contributed by atoms with van der Waals surface area (Å²) in [5.41, 5.74) is 1.81. The number of nitrogens with one attached hydrogen (secondary N) is 3. The van der Waals surface area contributed by atoms with Crippen LogP contribution in [0.1, 0.15) is 12.8 Å². The van der Waals surface area contributed by atoms with Crippen LogP contribution in [-0.4, -0.2) is 45.2 Å². The van der Waals surface area contributed by atoms with Gasteiger partial charge in [-0.1, -0.05) is 11.8 Å². The number of carbonyl (C=O) groups is 1. The summed E-state index contributed by atoms with van der Waals surface area (Å²) in [5.74, 6) is 0.449. The lowest BCUT2D eigenvalue weighted by Crippen LogP contribution is -2.32. The highest BCUT2D eigenvalue weighted by Crippen LogP contribution is 2.24. The van der Waals surface area contributed by atoms with Crippen LogP contribution in [-0.2, 0) is 0 Å². The third-order valence-corrected chi connectivity index (χ3v) is 5.12. The summed E-state index contributed by atoms with van der Waals surface area (Å²) < 4.78 is 0. The minimum atomic E-state index is -0.248. The second kappa shape index (κ2) is 7.89. The van der Waals surface area contributed by atoms with Gasteiger partial charge in [-0.05, 0) is 49.4 Å². The number of pyridine rings is 1. The number of hydrogen-bond donors (Lipinski definition) is 3. The summed E-state index contributed by atoms with van der Waals surface area (Å²) in [6.07, 6.45) is 5.57. The van der Waals surface area contributed by atoms with Gasteiger partial charge in [-0.15, -0.1) is 0 Å². The molecule has 1 fully saturated rings. The summed E-state index contributed by atoms with van der Waals surface area (Å²) in [6.45, 7) is 1.61. The van der Waals surface area contributed by atoms with Crippen LogP contribution in [0.4, 0.5) is 22.0 Å². The number of aromatic amines is 1. The Labute approximate surface area is 165 Å². The van der Waals surface area contributed by atoms with Crippen molar-refractivity contribution in [3.05, 3.63) is 46.9 Å². The molecule has 2 amide bonds. The summed E-state index contributed by atoms with van der Waals surface area (Å²) in [7, 11) is 0. The quantitative estimate of drug-likeness (QED) is 0.461. The Kier molecular flexibility index (Phi) is 5.16. The van der Waals surface area contributed by atoms with Crippen LogP contribution >= 0.6 is 11.8 Å². The van der Waals surface area contributed by atoms with E-state index in [1.807, 2.05) is 35.4 Å². The van der Waals surface area contributed by atoms with Crippen LogP contribution in [0.15, 0.2) is 46.5 Å². The Morgan fingerprint density at radius 1 is 1.11 bits per heavy atom. The number of nitrogens with zero attached hydrogens (tertiary/aromatic N) is 3. The van der Waals surface area contributed by atoms with Crippen LogP contribution < -0.4 is 16.2 Å². The Balaban J connectivity index is 1.56. The number of amides is 2. The highest BCUT2D eigenvalue weighted by atomic mass is 32.2. The van der Waals surface area contributed by atoms with E-state index in [1.54, 1.807) is 12.3 Å². The molecule has 9 heteroatoms. The molecule has 0 spiro atoms. The topological polar surface area (TPSA) is 103 Å². The van der Waals surface area contributed by atoms with Gasteiger partial charge in [0.15, 0.2) is 5.16 Å². The van der Waals surface area contributed by atoms with Crippen molar-refractivity contribution in [3.8, 4) is 0 Å². The molecule has 3 heterocycles. The zero-order valence-corrected chi connectivity index (χ0v) is 16.2. The van der Waals surface area contributed by atoms with Crippen molar-refractivity contribution in [1.82, 2.24) is 19.9 Å². The molecule has 1 saturated heterocycles. The summed E-state index contributed by atoms with van der Waals surface area (Å²) >= 11 is 1.41. The third kappa shape index (κ3) is 3.79. The molecule has 0 aliphatic carbocycles. The number of likely N-dealkylation sites (tertiary alicyclic amines) is 1. The van der Waals surface area contributed by atoms with E-state index < -0.39 is 0 Å². The molecule has 28 heavy (non-hydrogen) atoms. The first-order valence-electron chi connectivity index (χ1n) is 9.00. The van der Waals surface area contributed by atoms with E-state index in [-0.39, 0.29) is 11.6 Å². The smallest absolute Gasteiger partial charge is 0.321 e. The van der Waals surface area contributed by atoms with E-state index in [0.717, 1.165) is 37.3 Å². The van der Waals surface area contributed by atoms with E-state index in [4.69, 9.17) is 0 Å². The van der Waals surface area contributed by atoms with Crippen LogP contribution in [0, 0.1) is 0 Å². The number of urea groups is 1. The maximum Gasteiger partial charge on any atom is 0.321 e. The largest absolute Gasteiger partial charge is 0.339 e. The van der Waals surface area contributed by atoms with E-state index in [9.17, 15) is 9.59 Å². The van der Waals surface area contributed by atoms with Crippen LogP contribution in [0.2, 0.25) is 0 Å². The molecule has 0 saturated carbocycles. The number of aromatic nitrogens is 3.